The van der Waals surface area contributed by atoms with E-state index < -0.39 is 29.7 Å². The first-order valence-electron chi connectivity index (χ1n) is 7.97. The van der Waals surface area contributed by atoms with Gasteiger partial charge in [0.2, 0.25) is 11.9 Å². The van der Waals surface area contributed by atoms with Gasteiger partial charge in [0.05, 0.1) is 27.1 Å². The highest BCUT2D eigenvalue weighted by Gasteiger charge is 2.68. The van der Waals surface area contributed by atoms with Gasteiger partial charge in [0, 0.05) is 0 Å². The molecule has 12 heteroatoms. The summed E-state index contributed by atoms with van der Waals surface area (Å²) >= 11 is 11.8. The van der Waals surface area contributed by atoms with Crippen LogP contribution >= 0.6 is 23.2 Å². The number of alkyl halides is 3. The Balaban J connectivity index is 1.91. The van der Waals surface area contributed by atoms with Crippen LogP contribution in [0.25, 0.3) is 11.0 Å². The molecule has 0 bridgehead atoms. The third-order valence-electron chi connectivity index (χ3n) is 4.68. The first kappa shape index (κ1) is 18.3. The highest BCUT2D eigenvalue weighted by Crippen LogP contribution is 2.45. The second-order valence-corrected chi connectivity index (χ2v) is 7.14. The minimum atomic E-state index is -5.14. The first-order valence-corrected chi connectivity index (χ1v) is 8.72. The number of aromatic nitrogens is 2. The van der Waals surface area contributed by atoms with Crippen LogP contribution in [0.5, 0.6) is 0 Å². The minimum absolute atomic E-state index is 0.00826. The molecule has 2 atom stereocenters. The number of carbonyl (C=O) groups excluding carboxylic acids is 2. The molecule has 1 unspecified atom stereocenters. The van der Waals surface area contributed by atoms with Crippen molar-refractivity contribution >= 4 is 52.0 Å². The fourth-order valence-electron chi connectivity index (χ4n) is 3.40. The molecule has 2 aromatic rings. The lowest BCUT2D eigenvalue weighted by Gasteiger charge is -2.32. The van der Waals surface area contributed by atoms with Gasteiger partial charge in [-0.1, -0.05) is 23.2 Å². The van der Waals surface area contributed by atoms with Gasteiger partial charge < -0.3 is 10.6 Å². The van der Waals surface area contributed by atoms with Crippen LogP contribution in [0, 0.1) is 0 Å². The number of anilines is 1. The number of benzene rings is 1. The van der Waals surface area contributed by atoms with Gasteiger partial charge in [0.25, 0.3) is 11.6 Å². The predicted octanol–water partition coefficient (Wildman–Crippen LogP) is 2.38. The molecule has 3 N–H and O–H groups in total. The van der Waals surface area contributed by atoms with Gasteiger partial charge in [0.1, 0.15) is 0 Å². The number of carbonyl (C=O) groups is 2. The van der Waals surface area contributed by atoms with Gasteiger partial charge in [0.15, 0.2) is 0 Å². The lowest BCUT2D eigenvalue weighted by molar-refractivity contribution is -0.217. The topological polar surface area (TPSA) is 88.1 Å². The van der Waals surface area contributed by atoms with Gasteiger partial charge in [-0.15, -0.1) is 0 Å². The SMILES string of the molecule is O=C(NC1(C(F)(F)F)C(=O)Nc2nc3cc(Cl)c(Cl)cc3n21)[C@@H]1CCCN1. The molecule has 0 radical (unpaired) electrons. The lowest BCUT2D eigenvalue weighted by atomic mass is 10.1. The Morgan fingerprint density at radius 3 is 2.67 bits per heavy atom. The molecule has 7 nitrogen and oxygen atoms in total. The number of nitrogens with one attached hydrogen (secondary N) is 3. The number of rotatable bonds is 2. The summed E-state index contributed by atoms with van der Waals surface area (Å²) in [6.07, 6.45) is -4.12. The first-order chi connectivity index (χ1) is 12.6. The predicted molar refractivity (Wildman–Crippen MR) is 91.6 cm³/mol. The summed E-state index contributed by atoms with van der Waals surface area (Å²) < 4.78 is 43.1. The second kappa shape index (κ2) is 5.98. The molecule has 0 spiro atoms. The fourth-order valence-corrected chi connectivity index (χ4v) is 3.72. The average Bonchev–Trinajstić information content (AvgIpc) is 3.25. The van der Waals surface area contributed by atoms with E-state index >= 15 is 0 Å². The number of nitrogens with zero attached hydrogens (tertiary/aromatic N) is 2. The lowest BCUT2D eigenvalue weighted by Crippen LogP contribution is -2.65. The zero-order valence-corrected chi connectivity index (χ0v) is 15.0. The summed E-state index contributed by atoms with van der Waals surface area (Å²) in [5, 5.41) is 6.90. The third kappa shape index (κ3) is 2.58. The van der Waals surface area contributed by atoms with Crippen molar-refractivity contribution in [3.05, 3.63) is 22.2 Å². The summed E-state index contributed by atoms with van der Waals surface area (Å²) in [6, 6.07) is 1.66. The maximum absolute atomic E-state index is 14.2. The van der Waals surface area contributed by atoms with Crippen LogP contribution in [-0.4, -0.2) is 40.1 Å². The van der Waals surface area contributed by atoms with Gasteiger partial charge in [-0.05, 0) is 31.5 Å². The van der Waals surface area contributed by atoms with E-state index in [1.165, 1.54) is 12.1 Å². The molecule has 1 aromatic carbocycles. The molecule has 2 aliphatic heterocycles. The van der Waals surface area contributed by atoms with Crippen molar-refractivity contribution < 1.29 is 22.8 Å². The standard InChI is InChI=1S/C15H12Cl2F3N5O2/c16-6-4-9-10(5-7(6)17)25-13(22-9)23-12(27)14(25,15(18,19)20)24-11(26)8-2-1-3-21-8/h4-5,8,21H,1-3H2,(H,24,26)(H,22,23,27)/t8-,14?/m0/s1. The largest absolute Gasteiger partial charge is 0.440 e. The van der Waals surface area contributed by atoms with Gasteiger partial charge in [-0.3, -0.25) is 19.5 Å². The number of imidazole rings is 1. The number of hydrogen-bond donors (Lipinski definition) is 3. The van der Waals surface area contributed by atoms with Crippen LogP contribution in [0.4, 0.5) is 19.1 Å². The zero-order valence-electron chi connectivity index (χ0n) is 13.5. The quantitative estimate of drug-likeness (QED) is 0.694. The highest BCUT2D eigenvalue weighted by molar-refractivity contribution is 6.42. The van der Waals surface area contributed by atoms with Crippen LogP contribution < -0.4 is 16.0 Å². The van der Waals surface area contributed by atoms with Gasteiger partial charge >= 0.3 is 6.18 Å². The maximum atomic E-state index is 14.2. The zero-order chi connectivity index (χ0) is 19.6. The number of fused-ring (bicyclic) bond motifs is 3. The van der Waals surface area contributed by atoms with Crippen molar-refractivity contribution in [3.8, 4) is 0 Å². The molecule has 1 aromatic heterocycles. The van der Waals surface area contributed by atoms with Crippen molar-refractivity contribution in [1.29, 1.82) is 0 Å². The normalized spacial score (nSPS) is 24.9. The van der Waals surface area contributed by atoms with Crippen molar-refractivity contribution in [2.24, 2.45) is 0 Å². The molecule has 144 valence electrons. The van der Waals surface area contributed by atoms with E-state index in [0.29, 0.717) is 24.0 Å². The van der Waals surface area contributed by atoms with E-state index in [1.54, 1.807) is 0 Å². The Bertz CT molecular complexity index is 970. The maximum Gasteiger partial charge on any atom is 0.440 e. The van der Waals surface area contributed by atoms with E-state index in [-0.39, 0.29) is 27.0 Å². The molecule has 0 saturated carbocycles. The Hall–Kier alpha value is -2.04. The van der Waals surface area contributed by atoms with Crippen molar-refractivity contribution in [1.82, 2.24) is 20.2 Å². The van der Waals surface area contributed by atoms with Crippen LogP contribution in [0.3, 0.4) is 0 Å². The van der Waals surface area contributed by atoms with E-state index in [1.807, 2.05) is 5.32 Å². The Kier molecular flexibility index (Phi) is 4.06. The molecule has 2 aliphatic rings. The third-order valence-corrected chi connectivity index (χ3v) is 5.40. The fraction of sp³-hybridized carbons (Fsp3) is 0.400. The van der Waals surface area contributed by atoms with E-state index in [4.69, 9.17) is 23.2 Å². The van der Waals surface area contributed by atoms with Crippen molar-refractivity contribution in [2.45, 2.75) is 30.7 Å². The molecule has 1 fully saturated rings. The number of amides is 2. The highest BCUT2D eigenvalue weighted by atomic mass is 35.5. The molecular weight excluding hydrogens is 410 g/mol. The average molecular weight is 422 g/mol. The summed E-state index contributed by atoms with van der Waals surface area (Å²) in [4.78, 5) is 28.9. The van der Waals surface area contributed by atoms with E-state index in [9.17, 15) is 22.8 Å². The molecule has 4 rings (SSSR count). The van der Waals surface area contributed by atoms with E-state index in [2.05, 4.69) is 15.6 Å². The Morgan fingerprint density at radius 1 is 1.33 bits per heavy atom. The Labute approximate surface area is 160 Å². The Morgan fingerprint density at radius 2 is 2.04 bits per heavy atom. The molecule has 0 aliphatic carbocycles. The summed E-state index contributed by atoms with van der Waals surface area (Å²) in [6.45, 7) is 0.511. The molecule has 27 heavy (non-hydrogen) atoms. The van der Waals surface area contributed by atoms with Crippen LogP contribution in [0.15, 0.2) is 12.1 Å². The van der Waals surface area contributed by atoms with Crippen molar-refractivity contribution in [3.63, 3.8) is 0 Å². The molecule has 2 amide bonds. The van der Waals surface area contributed by atoms with Crippen LogP contribution in [0.2, 0.25) is 10.0 Å². The monoisotopic (exact) mass is 421 g/mol. The van der Waals surface area contributed by atoms with Crippen molar-refractivity contribution in [2.75, 3.05) is 11.9 Å². The summed E-state index contributed by atoms with van der Waals surface area (Å²) in [7, 11) is 0. The van der Waals surface area contributed by atoms with Gasteiger partial charge in [-0.2, -0.15) is 13.2 Å². The summed E-state index contributed by atoms with van der Waals surface area (Å²) in [5.74, 6) is -2.73. The number of hydrogen-bond acceptors (Lipinski definition) is 4. The summed E-state index contributed by atoms with van der Waals surface area (Å²) in [5.41, 5.74) is -3.33. The van der Waals surface area contributed by atoms with Crippen LogP contribution in [-0.2, 0) is 15.3 Å². The van der Waals surface area contributed by atoms with Crippen LogP contribution in [0.1, 0.15) is 12.8 Å². The second-order valence-electron chi connectivity index (χ2n) is 6.33. The van der Waals surface area contributed by atoms with Gasteiger partial charge in [-0.25, -0.2) is 4.98 Å². The molecular formula is C15H12Cl2F3N5O2. The molecule has 1 saturated heterocycles. The molecule has 3 heterocycles. The number of halogens is 5. The van der Waals surface area contributed by atoms with E-state index in [0.717, 1.165) is 0 Å². The smallest absolute Gasteiger partial charge is 0.316 e. The minimum Gasteiger partial charge on any atom is -0.316 e.